The number of ether oxygens (including phenoxy) is 1. The maximum absolute atomic E-state index is 13.3. The average Bonchev–Trinajstić information content (AvgIpc) is 3.37. The standard InChI is InChI=1S/C22H26N6O7S/c23-20(32)15(9-14-2-1-7-36-14)27-22(34)17-8-13(26-21(33)16-10-24-4-5-25-16)3-6-28(17)18(29)11-35-12-19(30)31/h1-2,4-5,7,10,13,15,17H,3,6,8-9,11-12H2,(H2,23,32)(H,26,33)(H,27,34)(H,30,31)/t13-,15-,17-/m0/s1. The predicted molar refractivity (Wildman–Crippen MR) is 126 cm³/mol. The van der Waals surface area contributed by atoms with E-state index in [0.717, 1.165) is 4.88 Å². The van der Waals surface area contributed by atoms with Crippen molar-refractivity contribution in [2.24, 2.45) is 5.73 Å². The molecule has 0 radical (unpaired) electrons. The first-order chi connectivity index (χ1) is 17.2. The van der Waals surface area contributed by atoms with Gasteiger partial charge in [-0.1, -0.05) is 6.07 Å². The Hall–Kier alpha value is -3.91. The highest BCUT2D eigenvalue weighted by Crippen LogP contribution is 2.20. The van der Waals surface area contributed by atoms with E-state index >= 15 is 0 Å². The van der Waals surface area contributed by atoms with Gasteiger partial charge in [0.15, 0.2) is 0 Å². The summed E-state index contributed by atoms with van der Waals surface area (Å²) in [5, 5.41) is 16.0. The van der Waals surface area contributed by atoms with Crippen LogP contribution in [0.5, 0.6) is 0 Å². The smallest absolute Gasteiger partial charge is 0.329 e. The molecule has 4 amide bonds. The molecule has 1 aliphatic heterocycles. The number of rotatable bonds is 11. The molecule has 0 bridgehead atoms. The molecule has 192 valence electrons. The zero-order valence-electron chi connectivity index (χ0n) is 19.2. The molecule has 0 saturated carbocycles. The number of piperidine rings is 1. The average molecular weight is 519 g/mol. The first kappa shape index (κ1) is 26.7. The van der Waals surface area contributed by atoms with Crippen LogP contribution in [0.4, 0.5) is 0 Å². The summed E-state index contributed by atoms with van der Waals surface area (Å²) >= 11 is 1.41. The third-order valence-corrected chi connectivity index (χ3v) is 6.35. The first-order valence-electron chi connectivity index (χ1n) is 11.0. The number of carbonyl (C=O) groups excluding carboxylic acids is 4. The Morgan fingerprint density at radius 2 is 2.06 bits per heavy atom. The van der Waals surface area contributed by atoms with Crippen LogP contribution in [0.25, 0.3) is 0 Å². The number of hydrogen-bond donors (Lipinski definition) is 4. The van der Waals surface area contributed by atoms with Gasteiger partial charge in [0.1, 0.15) is 31.0 Å². The lowest BCUT2D eigenvalue weighted by atomic mass is 9.95. The van der Waals surface area contributed by atoms with Crippen molar-refractivity contribution in [2.45, 2.75) is 37.4 Å². The van der Waals surface area contributed by atoms with Crippen molar-refractivity contribution in [3.05, 3.63) is 46.7 Å². The summed E-state index contributed by atoms with van der Waals surface area (Å²) in [6.45, 7) is -1.12. The van der Waals surface area contributed by atoms with Crippen molar-refractivity contribution >= 4 is 40.9 Å². The van der Waals surface area contributed by atoms with Gasteiger partial charge in [0, 0.05) is 36.3 Å². The molecule has 1 fully saturated rings. The second-order valence-electron chi connectivity index (χ2n) is 8.02. The molecule has 0 aliphatic carbocycles. The summed E-state index contributed by atoms with van der Waals surface area (Å²) in [7, 11) is 0. The lowest BCUT2D eigenvalue weighted by Gasteiger charge is -2.39. The Morgan fingerprint density at radius 3 is 2.69 bits per heavy atom. The molecular weight excluding hydrogens is 492 g/mol. The molecular formula is C22H26N6O7S. The highest BCUT2D eigenvalue weighted by molar-refractivity contribution is 7.09. The fraction of sp³-hybridized carbons (Fsp3) is 0.409. The summed E-state index contributed by atoms with van der Waals surface area (Å²) in [4.78, 5) is 71.2. The molecule has 3 atom stereocenters. The normalized spacial score (nSPS) is 18.2. The number of carbonyl (C=O) groups is 5. The minimum atomic E-state index is -1.24. The van der Waals surface area contributed by atoms with Crippen molar-refractivity contribution in [3.8, 4) is 0 Å². The lowest BCUT2D eigenvalue weighted by Crippen LogP contribution is -2.60. The maximum atomic E-state index is 13.3. The maximum Gasteiger partial charge on any atom is 0.329 e. The van der Waals surface area contributed by atoms with Crippen molar-refractivity contribution < 1.29 is 33.8 Å². The van der Waals surface area contributed by atoms with E-state index in [1.54, 1.807) is 6.07 Å². The Balaban J connectivity index is 1.72. The quantitative estimate of drug-likeness (QED) is 0.287. The van der Waals surface area contributed by atoms with E-state index < -0.39 is 60.9 Å². The second-order valence-corrected chi connectivity index (χ2v) is 9.05. The van der Waals surface area contributed by atoms with E-state index in [4.69, 9.17) is 15.6 Å². The second kappa shape index (κ2) is 12.7. The number of hydrogen-bond acceptors (Lipinski definition) is 9. The van der Waals surface area contributed by atoms with Gasteiger partial charge in [-0.3, -0.25) is 24.2 Å². The predicted octanol–water partition coefficient (Wildman–Crippen LogP) is -1.06. The molecule has 5 N–H and O–H groups in total. The molecule has 2 aromatic heterocycles. The number of aromatic nitrogens is 2. The van der Waals surface area contributed by atoms with Crippen LogP contribution in [0.3, 0.4) is 0 Å². The minimum Gasteiger partial charge on any atom is -0.480 e. The van der Waals surface area contributed by atoms with Crippen molar-refractivity contribution in [1.29, 1.82) is 0 Å². The molecule has 0 spiro atoms. The molecule has 3 heterocycles. The Labute approximate surface area is 210 Å². The summed E-state index contributed by atoms with van der Waals surface area (Å²) < 4.78 is 4.90. The summed E-state index contributed by atoms with van der Waals surface area (Å²) in [5.41, 5.74) is 5.60. The van der Waals surface area contributed by atoms with Crippen LogP contribution in [-0.2, 0) is 30.3 Å². The van der Waals surface area contributed by atoms with Crippen molar-refractivity contribution in [3.63, 3.8) is 0 Å². The fourth-order valence-electron chi connectivity index (χ4n) is 3.75. The van der Waals surface area contributed by atoms with Gasteiger partial charge >= 0.3 is 5.97 Å². The molecule has 13 nitrogen and oxygen atoms in total. The number of thiophene rings is 1. The Kier molecular flexibility index (Phi) is 9.41. The van der Waals surface area contributed by atoms with Crippen molar-refractivity contribution in [1.82, 2.24) is 25.5 Å². The zero-order chi connectivity index (χ0) is 26.1. The van der Waals surface area contributed by atoms with Crippen LogP contribution >= 0.6 is 11.3 Å². The van der Waals surface area contributed by atoms with Crippen molar-refractivity contribution in [2.75, 3.05) is 19.8 Å². The molecule has 36 heavy (non-hydrogen) atoms. The zero-order valence-corrected chi connectivity index (χ0v) is 20.0. The molecule has 1 aliphatic rings. The minimum absolute atomic E-state index is 0.0486. The molecule has 0 unspecified atom stereocenters. The first-order valence-corrected chi connectivity index (χ1v) is 11.9. The van der Waals surface area contributed by atoms with Gasteiger partial charge in [-0.25, -0.2) is 9.78 Å². The van der Waals surface area contributed by atoms with Gasteiger partial charge in [0.2, 0.25) is 17.7 Å². The molecule has 14 heteroatoms. The third-order valence-electron chi connectivity index (χ3n) is 5.45. The van der Waals surface area contributed by atoms with E-state index in [0.29, 0.717) is 6.42 Å². The molecule has 1 saturated heterocycles. The largest absolute Gasteiger partial charge is 0.480 e. The number of nitrogens with two attached hydrogens (primary N) is 1. The monoisotopic (exact) mass is 518 g/mol. The van der Waals surface area contributed by atoms with Crippen LogP contribution in [0.2, 0.25) is 0 Å². The van der Waals surface area contributed by atoms with Gasteiger partial charge in [-0.05, 0) is 24.3 Å². The van der Waals surface area contributed by atoms with E-state index in [2.05, 4.69) is 20.6 Å². The topological polar surface area (TPSA) is 194 Å². The number of likely N-dealkylation sites (tertiary alicyclic amines) is 1. The van der Waals surface area contributed by atoms with Gasteiger partial charge < -0.3 is 31.1 Å². The van der Waals surface area contributed by atoms with Gasteiger partial charge in [0.25, 0.3) is 5.91 Å². The molecule has 2 aromatic rings. The Bertz CT molecular complexity index is 1080. The highest BCUT2D eigenvalue weighted by atomic mass is 32.1. The van der Waals surface area contributed by atoms with Crippen LogP contribution in [0, 0.1) is 0 Å². The molecule has 0 aromatic carbocycles. The third kappa shape index (κ3) is 7.55. The summed E-state index contributed by atoms with van der Waals surface area (Å²) in [6, 6.07) is 1.07. The van der Waals surface area contributed by atoms with E-state index in [1.807, 2.05) is 11.4 Å². The molecule has 3 rings (SSSR count). The van der Waals surface area contributed by atoms with Gasteiger partial charge in [0.05, 0.1) is 6.20 Å². The van der Waals surface area contributed by atoms with Crippen LogP contribution in [-0.4, -0.2) is 87.5 Å². The number of carboxylic acid groups (broad SMARTS) is 1. The number of nitrogens with zero attached hydrogens (tertiary/aromatic N) is 3. The van der Waals surface area contributed by atoms with Crippen LogP contribution in [0.1, 0.15) is 28.2 Å². The SMILES string of the molecule is NC(=O)[C@H](Cc1cccs1)NC(=O)[C@@H]1C[C@@H](NC(=O)c2cnccn2)CCN1C(=O)COCC(=O)O. The van der Waals surface area contributed by atoms with Crippen LogP contribution in [0.15, 0.2) is 36.1 Å². The number of aliphatic carboxylic acids is 1. The van der Waals surface area contributed by atoms with Gasteiger partial charge in [-0.15, -0.1) is 11.3 Å². The lowest BCUT2D eigenvalue weighted by molar-refractivity contribution is -0.150. The van der Waals surface area contributed by atoms with Crippen LogP contribution < -0.4 is 16.4 Å². The number of amides is 4. The van der Waals surface area contributed by atoms with Gasteiger partial charge in [-0.2, -0.15) is 0 Å². The highest BCUT2D eigenvalue weighted by Gasteiger charge is 2.38. The number of carboxylic acids is 1. The van der Waals surface area contributed by atoms with E-state index in [1.165, 1.54) is 34.8 Å². The fourth-order valence-corrected chi connectivity index (χ4v) is 4.50. The summed E-state index contributed by atoms with van der Waals surface area (Å²) in [6.07, 6.45) is 4.68. The number of primary amides is 1. The number of nitrogens with one attached hydrogen (secondary N) is 2. The Morgan fingerprint density at radius 1 is 1.25 bits per heavy atom. The summed E-state index contributed by atoms with van der Waals surface area (Å²) in [5.74, 6) is -3.67. The van der Waals surface area contributed by atoms with E-state index in [9.17, 15) is 24.0 Å². The van der Waals surface area contributed by atoms with E-state index in [-0.39, 0.29) is 25.1 Å².